The Bertz CT molecular complexity index is 1160. The van der Waals surface area contributed by atoms with Crippen LogP contribution in [0.15, 0.2) is 48.7 Å². The number of amides is 1. The zero-order chi connectivity index (χ0) is 23.2. The third kappa shape index (κ3) is 4.31. The summed E-state index contributed by atoms with van der Waals surface area (Å²) in [6.45, 7) is 2.91. The predicted molar refractivity (Wildman–Crippen MR) is 118 cm³/mol. The molecule has 2 fully saturated rings. The number of carbonyl (C=O) groups excluding carboxylic acids is 1. The first-order valence-electron chi connectivity index (χ1n) is 11.1. The molecule has 2 aromatic carbocycles. The number of halogens is 3. The Morgan fingerprint density at radius 1 is 1.18 bits per heavy atom. The van der Waals surface area contributed by atoms with E-state index in [0.717, 1.165) is 41.4 Å². The highest BCUT2D eigenvalue weighted by molar-refractivity contribution is 6.04. The predicted octanol–water partition coefficient (Wildman–Crippen LogP) is 5.88. The number of ether oxygens (including phenoxy) is 2. The van der Waals surface area contributed by atoms with Crippen molar-refractivity contribution in [2.24, 2.45) is 5.41 Å². The van der Waals surface area contributed by atoms with E-state index in [1.165, 1.54) is 0 Å². The first kappa shape index (κ1) is 21.8. The quantitative estimate of drug-likeness (QED) is 0.502. The highest BCUT2D eigenvalue weighted by Crippen LogP contribution is 2.41. The Morgan fingerprint density at radius 3 is 2.61 bits per heavy atom. The van der Waals surface area contributed by atoms with Gasteiger partial charge in [0.2, 0.25) is 5.91 Å². The van der Waals surface area contributed by atoms with Crippen LogP contribution in [0.25, 0.3) is 10.9 Å². The molecule has 1 amide bonds. The third-order valence-electron chi connectivity index (χ3n) is 6.78. The van der Waals surface area contributed by atoms with Crippen molar-refractivity contribution >= 4 is 22.5 Å². The minimum Gasteiger partial charge on any atom is -0.490 e. The monoisotopic (exact) mass is 458 g/mol. The number of rotatable bonds is 5. The Morgan fingerprint density at radius 2 is 1.94 bits per heavy atom. The molecular weight excluding hydrogens is 433 g/mol. The molecule has 0 radical (unpaired) electrons. The summed E-state index contributed by atoms with van der Waals surface area (Å²) < 4.78 is 49.8. The van der Waals surface area contributed by atoms with Crippen molar-refractivity contribution in [2.75, 3.05) is 18.5 Å². The van der Waals surface area contributed by atoms with E-state index in [9.17, 15) is 18.0 Å². The van der Waals surface area contributed by atoms with E-state index in [4.69, 9.17) is 9.47 Å². The van der Waals surface area contributed by atoms with Crippen LogP contribution >= 0.6 is 0 Å². The lowest BCUT2D eigenvalue weighted by Crippen LogP contribution is -2.33. The number of aromatic nitrogens is 1. The molecule has 0 bridgehead atoms. The van der Waals surface area contributed by atoms with Gasteiger partial charge in [-0.05, 0) is 68.0 Å². The van der Waals surface area contributed by atoms with Gasteiger partial charge in [0.25, 0.3) is 0 Å². The number of benzene rings is 2. The van der Waals surface area contributed by atoms with E-state index in [1.54, 1.807) is 18.3 Å². The molecule has 33 heavy (non-hydrogen) atoms. The van der Waals surface area contributed by atoms with Crippen LogP contribution in [0.2, 0.25) is 0 Å². The average Bonchev–Trinajstić information content (AvgIpc) is 3.37. The minimum atomic E-state index is -4.32. The van der Waals surface area contributed by atoms with Gasteiger partial charge in [-0.1, -0.05) is 12.1 Å². The van der Waals surface area contributed by atoms with Crippen LogP contribution in [0, 0.1) is 5.41 Å². The Balaban J connectivity index is 1.22. The van der Waals surface area contributed by atoms with E-state index in [-0.39, 0.29) is 17.9 Å². The molecule has 1 atom stereocenters. The van der Waals surface area contributed by atoms with Gasteiger partial charge in [0.05, 0.1) is 29.4 Å². The Hall–Kier alpha value is -3.00. The Kier molecular flexibility index (Phi) is 5.35. The summed E-state index contributed by atoms with van der Waals surface area (Å²) in [7, 11) is 0. The number of fused-ring (bicyclic) bond motifs is 1. The molecule has 174 valence electrons. The van der Waals surface area contributed by atoms with Gasteiger partial charge in [-0.25, -0.2) is 0 Å². The minimum absolute atomic E-state index is 0.00118. The Labute approximate surface area is 189 Å². The summed E-state index contributed by atoms with van der Waals surface area (Å²) in [6.07, 6.45) is -0.355. The molecule has 2 aliphatic rings. The number of hydrogen-bond acceptors (Lipinski definition) is 3. The molecule has 5 rings (SSSR count). The summed E-state index contributed by atoms with van der Waals surface area (Å²) in [5.74, 6) is 0.826. The fourth-order valence-electron chi connectivity index (χ4n) is 4.47. The highest BCUT2D eigenvalue weighted by Gasteiger charge is 2.38. The van der Waals surface area contributed by atoms with Crippen molar-refractivity contribution in [3.05, 3.63) is 59.8 Å². The van der Waals surface area contributed by atoms with Crippen molar-refractivity contribution in [1.82, 2.24) is 4.98 Å². The van der Waals surface area contributed by atoms with Crippen LogP contribution in [0.1, 0.15) is 43.2 Å². The average molecular weight is 458 g/mol. The smallest absolute Gasteiger partial charge is 0.416 e. The second-order valence-electron chi connectivity index (χ2n) is 9.26. The number of anilines is 1. The molecular formula is C25H25F3N2O3. The highest BCUT2D eigenvalue weighted by atomic mass is 19.4. The molecule has 1 saturated heterocycles. The maximum absolute atomic E-state index is 12.8. The SMILES string of the molecule is CC1(C(=O)Nc2c[nH]c3ccc(O[C@H]4C[C@@H](c5ccc(C(F)(F)F)cc5)C4)cc23)CCOC1. The summed E-state index contributed by atoms with van der Waals surface area (Å²) in [4.78, 5) is 15.9. The van der Waals surface area contributed by atoms with Crippen molar-refractivity contribution in [3.8, 4) is 5.75 Å². The zero-order valence-corrected chi connectivity index (χ0v) is 18.2. The first-order chi connectivity index (χ1) is 15.7. The van der Waals surface area contributed by atoms with Crippen LogP contribution in [0.4, 0.5) is 18.9 Å². The lowest BCUT2D eigenvalue weighted by molar-refractivity contribution is -0.137. The lowest BCUT2D eigenvalue weighted by Gasteiger charge is -2.35. The second kappa shape index (κ2) is 8.09. The van der Waals surface area contributed by atoms with Gasteiger partial charge in [-0.3, -0.25) is 4.79 Å². The summed E-state index contributed by atoms with van der Waals surface area (Å²) >= 11 is 0. The second-order valence-corrected chi connectivity index (χ2v) is 9.26. The van der Waals surface area contributed by atoms with Crippen LogP contribution in [0.3, 0.4) is 0 Å². The van der Waals surface area contributed by atoms with Gasteiger partial charge in [0, 0.05) is 23.7 Å². The van der Waals surface area contributed by atoms with Crippen LogP contribution in [0.5, 0.6) is 5.75 Å². The van der Waals surface area contributed by atoms with Crippen molar-refractivity contribution < 1.29 is 27.4 Å². The molecule has 1 unspecified atom stereocenters. The largest absolute Gasteiger partial charge is 0.490 e. The van der Waals surface area contributed by atoms with E-state index in [2.05, 4.69) is 10.3 Å². The molecule has 0 spiro atoms. The van der Waals surface area contributed by atoms with E-state index in [0.29, 0.717) is 31.1 Å². The molecule has 1 aromatic heterocycles. The third-order valence-corrected chi connectivity index (χ3v) is 6.78. The van der Waals surface area contributed by atoms with Gasteiger partial charge in [-0.15, -0.1) is 0 Å². The van der Waals surface area contributed by atoms with E-state index >= 15 is 0 Å². The molecule has 1 aliphatic carbocycles. The number of nitrogens with one attached hydrogen (secondary N) is 2. The molecule has 3 aromatic rings. The molecule has 1 aliphatic heterocycles. The summed E-state index contributed by atoms with van der Waals surface area (Å²) in [6, 6.07) is 11.1. The number of H-pyrrole nitrogens is 1. The standard InChI is InChI=1S/C25H25F3N2O3/c1-24(8-9-32-14-24)23(31)30-22-13-29-21-7-6-18(12-20(21)22)33-19-10-16(11-19)15-2-4-17(5-3-15)25(26,27)28/h2-7,12-13,16,19,29H,8-11,14H2,1H3,(H,30,31)/t16-,19+,24?. The van der Waals surface area contributed by atoms with E-state index in [1.807, 2.05) is 25.1 Å². The van der Waals surface area contributed by atoms with Gasteiger partial charge in [0.15, 0.2) is 0 Å². The molecule has 8 heteroatoms. The van der Waals surface area contributed by atoms with E-state index < -0.39 is 17.2 Å². The zero-order valence-electron chi connectivity index (χ0n) is 18.2. The van der Waals surface area contributed by atoms with Crippen molar-refractivity contribution in [2.45, 2.75) is 44.4 Å². The molecule has 5 nitrogen and oxygen atoms in total. The normalized spacial score (nSPS) is 25.1. The summed E-state index contributed by atoms with van der Waals surface area (Å²) in [5, 5.41) is 3.88. The summed E-state index contributed by atoms with van der Waals surface area (Å²) in [5.41, 5.74) is 1.33. The number of aromatic amines is 1. The van der Waals surface area contributed by atoms with Crippen molar-refractivity contribution in [1.29, 1.82) is 0 Å². The van der Waals surface area contributed by atoms with Gasteiger partial charge >= 0.3 is 6.18 Å². The van der Waals surface area contributed by atoms with Crippen molar-refractivity contribution in [3.63, 3.8) is 0 Å². The van der Waals surface area contributed by atoms with Gasteiger partial charge in [-0.2, -0.15) is 13.2 Å². The molecule has 2 heterocycles. The van der Waals surface area contributed by atoms with Gasteiger partial charge < -0.3 is 19.8 Å². The maximum atomic E-state index is 12.8. The lowest BCUT2D eigenvalue weighted by atomic mass is 9.77. The number of alkyl halides is 3. The van der Waals surface area contributed by atoms with Crippen LogP contribution in [-0.2, 0) is 15.7 Å². The fraction of sp³-hybridized carbons (Fsp3) is 0.400. The molecule has 2 N–H and O–H groups in total. The topological polar surface area (TPSA) is 63.4 Å². The maximum Gasteiger partial charge on any atom is 0.416 e. The van der Waals surface area contributed by atoms with Gasteiger partial charge in [0.1, 0.15) is 5.75 Å². The fourth-order valence-corrected chi connectivity index (χ4v) is 4.47. The van der Waals surface area contributed by atoms with Crippen LogP contribution < -0.4 is 10.1 Å². The number of carbonyl (C=O) groups is 1. The number of hydrogen-bond donors (Lipinski definition) is 2. The first-order valence-corrected chi connectivity index (χ1v) is 11.1. The molecule has 1 saturated carbocycles. The van der Waals surface area contributed by atoms with Crippen LogP contribution in [-0.4, -0.2) is 30.2 Å².